The Balaban J connectivity index is 2.26. The van der Waals surface area contributed by atoms with Gasteiger partial charge < -0.3 is 9.80 Å². The molecule has 1 aliphatic heterocycles. The Morgan fingerprint density at radius 2 is 2.17 bits per heavy atom. The summed E-state index contributed by atoms with van der Waals surface area (Å²) in [5.74, 6) is -0.470. The van der Waals surface area contributed by atoms with Crippen molar-refractivity contribution >= 4 is 11.6 Å². The fraction of sp³-hybridized carbons (Fsp3) is 0.385. The first kappa shape index (κ1) is 12.4. The second-order valence-corrected chi connectivity index (χ2v) is 4.37. The quantitative estimate of drug-likeness (QED) is 0.753. The lowest BCUT2D eigenvalue weighted by molar-refractivity contribution is -0.127. The van der Waals surface area contributed by atoms with Gasteiger partial charge in [-0.15, -0.1) is 0 Å². The molecular weight excluding hydrogens is 233 g/mol. The third-order valence-electron chi connectivity index (χ3n) is 3.09. The van der Waals surface area contributed by atoms with E-state index < -0.39 is 5.82 Å². The molecule has 94 valence electrons. The first-order valence-corrected chi connectivity index (χ1v) is 5.80. The molecule has 1 amide bonds. The predicted molar refractivity (Wildman–Crippen MR) is 65.6 cm³/mol. The van der Waals surface area contributed by atoms with E-state index in [2.05, 4.69) is 0 Å². The fourth-order valence-electron chi connectivity index (χ4n) is 2.03. The molecule has 4 nitrogen and oxygen atoms in total. The van der Waals surface area contributed by atoms with Gasteiger partial charge in [0.1, 0.15) is 5.82 Å². The van der Waals surface area contributed by atoms with Crippen molar-refractivity contribution in [1.29, 1.82) is 5.26 Å². The third-order valence-corrected chi connectivity index (χ3v) is 3.09. The van der Waals surface area contributed by atoms with Crippen molar-refractivity contribution in [2.24, 2.45) is 0 Å². The summed E-state index contributed by atoms with van der Waals surface area (Å²) in [6.07, 6.45) is 0.807. The zero-order valence-corrected chi connectivity index (χ0v) is 10.2. The number of nitrogens with zero attached hydrogens (tertiary/aromatic N) is 3. The monoisotopic (exact) mass is 247 g/mol. The SMILES string of the molecule is CN1CCCN(c2ccc(C#N)cc2F)CC1=O. The summed E-state index contributed by atoms with van der Waals surface area (Å²) < 4.78 is 13.9. The van der Waals surface area contributed by atoms with Gasteiger partial charge in [-0.25, -0.2) is 4.39 Å². The summed E-state index contributed by atoms with van der Waals surface area (Å²) in [7, 11) is 1.75. The van der Waals surface area contributed by atoms with Crippen LogP contribution in [0.1, 0.15) is 12.0 Å². The van der Waals surface area contributed by atoms with Gasteiger partial charge >= 0.3 is 0 Å². The van der Waals surface area contributed by atoms with E-state index in [0.717, 1.165) is 6.42 Å². The minimum absolute atomic E-state index is 0.0174. The molecule has 1 fully saturated rings. The second kappa shape index (κ2) is 5.05. The smallest absolute Gasteiger partial charge is 0.241 e. The molecule has 0 unspecified atom stereocenters. The van der Waals surface area contributed by atoms with E-state index in [4.69, 9.17) is 5.26 Å². The van der Waals surface area contributed by atoms with Gasteiger partial charge in [0, 0.05) is 20.1 Å². The molecule has 0 radical (unpaired) electrons. The average Bonchev–Trinajstić information content (AvgIpc) is 2.52. The van der Waals surface area contributed by atoms with Crippen LogP contribution in [-0.4, -0.2) is 37.5 Å². The van der Waals surface area contributed by atoms with Crippen molar-refractivity contribution in [1.82, 2.24) is 4.90 Å². The maximum Gasteiger partial charge on any atom is 0.241 e. The van der Waals surface area contributed by atoms with Crippen LogP contribution in [0, 0.1) is 17.1 Å². The normalized spacial score (nSPS) is 16.4. The van der Waals surface area contributed by atoms with Crippen molar-refractivity contribution < 1.29 is 9.18 Å². The van der Waals surface area contributed by atoms with Gasteiger partial charge in [-0.05, 0) is 24.6 Å². The minimum Gasteiger partial charge on any atom is -0.360 e. The Morgan fingerprint density at radius 3 is 2.83 bits per heavy atom. The van der Waals surface area contributed by atoms with E-state index in [1.165, 1.54) is 6.07 Å². The molecule has 2 rings (SSSR count). The molecule has 0 spiro atoms. The first-order chi connectivity index (χ1) is 8.61. The maximum atomic E-state index is 13.9. The molecule has 1 aliphatic rings. The lowest BCUT2D eigenvalue weighted by Gasteiger charge is -2.22. The van der Waals surface area contributed by atoms with E-state index in [1.54, 1.807) is 29.0 Å². The Morgan fingerprint density at radius 1 is 1.39 bits per heavy atom. The highest BCUT2D eigenvalue weighted by atomic mass is 19.1. The molecular formula is C13H14FN3O. The topological polar surface area (TPSA) is 47.3 Å². The standard InChI is InChI=1S/C13H14FN3O/c1-16-5-2-6-17(9-13(16)18)12-4-3-10(8-15)7-11(12)14/h3-4,7H,2,5-6,9H2,1H3. The number of hydrogen-bond donors (Lipinski definition) is 0. The lowest BCUT2D eigenvalue weighted by Crippen LogP contribution is -2.34. The van der Waals surface area contributed by atoms with E-state index in [1.807, 2.05) is 6.07 Å². The number of likely N-dealkylation sites (N-methyl/N-ethyl adjacent to an activating group) is 1. The van der Waals surface area contributed by atoms with Crippen molar-refractivity contribution in [3.8, 4) is 6.07 Å². The Labute approximate surface area is 105 Å². The third kappa shape index (κ3) is 2.43. The van der Waals surface area contributed by atoms with Gasteiger partial charge in [0.2, 0.25) is 5.91 Å². The highest BCUT2D eigenvalue weighted by Gasteiger charge is 2.21. The number of anilines is 1. The highest BCUT2D eigenvalue weighted by Crippen LogP contribution is 2.21. The van der Waals surface area contributed by atoms with Crippen LogP contribution < -0.4 is 4.90 Å². The number of carbonyl (C=O) groups is 1. The zero-order chi connectivity index (χ0) is 13.1. The summed E-state index contributed by atoms with van der Waals surface area (Å²) >= 11 is 0. The lowest BCUT2D eigenvalue weighted by atomic mass is 10.2. The summed E-state index contributed by atoms with van der Waals surface area (Å²) in [5, 5.41) is 8.69. The summed E-state index contributed by atoms with van der Waals surface area (Å²) in [6.45, 7) is 1.51. The van der Waals surface area contributed by atoms with Crippen LogP contribution in [0.2, 0.25) is 0 Å². The van der Waals surface area contributed by atoms with Gasteiger partial charge in [0.05, 0.1) is 23.9 Å². The molecule has 1 aromatic carbocycles. The van der Waals surface area contributed by atoms with Crippen LogP contribution in [0.4, 0.5) is 10.1 Å². The summed E-state index contributed by atoms with van der Waals surface area (Å²) in [6, 6.07) is 6.22. The Kier molecular flexibility index (Phi) is 3.47. The van der Waals surface area contributed by atoms with Crippen molar-refractivity contribution in [2.45, 2.75) is 6.42 Å². The van der Waals surface area contributed by atoms with Crippen LogP contribution >= 0.6 is 0 Å². The van der Waals surface area contributed by atoms with Crippen molar-refractivity contribution in [2.75, 3.05) is 31.6 Å². The Hall–Kier alpha value is -2.09. The molecule has 0 aromatic heterocycles. The summed E-state index contributed by atoms with van der Waals surface area (Å²) in [5.41, 5.74) is 0.673. The molecule has 1 heterocycles. The predicted octanol–water partition coefficient (Wildman–Crippen LogP) is 1.37. The average molecular weight is 247 g/mol. The van der Waals surface area contributed by atoms with E-state index in [0.29, 0.717) is 18.8 Å². The molecule has 0 saturated carbocycles. The van der Waals surface area contributed by atoms with Crippen LogP contribution in [0.5, 0.6) is 0 Å². The summed E-state index contributed by atoms with van der Waals surface area (Å²) in [4.78, 5) is 15.1. The van der Waals surface area contributed by atoms with Gasteiger partial charge in [0.15, 0.2) is 0 Å². The molecule has 0 bridgehead atoms. The maximum absolute atomic E-state index is 13.9. The van der Waals surface area contributed by atoms with Gasteiger partial charge in [0.25, 0.3) is 0 Å². The minimum atomic E-state index is -0.452. The molecule has 5 heteroatoms. The van der Waals surface area contributed by atoms with Crippen molar-refractivity contribution in [3.05, 3.63) is 29.6 Å². The molecule has 0 atom stereocenters. The van der Waals surface area contributed by atoms with E-state index >= 15 is 0 Å². The number of benzene rings is 1. The number of carbonyl (C=O) groups excluding carboxylic acids is 1. The van der Waals surface area contributed by atoms with Crippen LogP contribution in [0.3, 0.4) is 0 Å². The van der Waals surface area contributed by atoms with Crippen LogP contribution in [0.25, 0.3) is 0 Å². The molecule has 18 heavy (non-hydrogen) atoms. The van der Waals surface area contributed by atoms with Crippen LogP contribution in [-0.2, 0) is 4.79 Å². The largest absolute Gasteiger partial charge is 0.360 e. The number of amides is 1. The molecule has 1 saturated heterocycles. The first-order valence-electron chi connectivity index (χ1n) is 5.80. The van der Waals surface area contributed by atoms with Crippen molar-refractivity contribution in [3.63, 3.8) is 0 Å². The highest BCUT2D eigenvalue weighted by molar-refractivity contribution is 5.81. The second-order valence-electron chi connectivity index (χ2n) is 4.37. The number of rotatable bonds is 1. The zero-order valence-electron chi connectivity index (χ0n) is 10.2. The van der Waals surface area contributed by atoms with E-state index in [9.17, 15) is 9.18 Å². The number of halogens is 1. The molecule has 0 aliphatic carbocycles. The molecule has 0 N–H and O–H groups in total. The molecule has 1 aromatic rings. The van der Waals surface area contributed by atoms with Gasteiger partial charge in [-0.3, -0.25) is 4.79 Å². The fourth-order valence-corrected chi connectivity index (χ4v) is 2.03. The van der Waals surface area contributed by atoms with Gasteiger partial charge in [-0.2, -0.15) is 5.26 Å². The van der Waals surface area contributed by atoms with E-state index in [-0.39, 0.29) is 18.0 Å². The van der Waals surface area contributed by atoms with Crippen LogP contribution in [0.15, 0.2) is 18.2 Å². The van der Waals surface area contributed by atoms with Gasteiger partial charge in [-0.1, -0.05) is 0 Å². The Bertz CT molecular complexity index is 509. The number of nitriles is 1. The number of hydrogen-bond acceptors (Lipinski definition) is 3.